The van der Waals surface area contributed by atoms with Crippen molar-refractivity contribution in [2.45, 2.75) is 50.6 Å². The molecule has 2 aliphatic heterocycles. The summed E-state index contributed by atoms with van der Waals surface area (Å²) in [5.74, 6) is -0.543. The maximum absolute atomic E-state index is 14.2. The number of carbonyl (C=O) groups is 1. The van der Waals surface area contributed by atoms with Crippen molar-refractivity contribution in [3.8, 4) is 5.75 Å². The molecule has 1 amide bonds. The Labute approximate surface area is 176 Å². The van der Waals surface area contributed by atoms with E-state index in [1.807, 2.05) is 11.0 Å². The third-order valence-corrected chi connectivity index (χ3v) is 6.65. The van der Waals surface area contributed by atoms with Crippen LogP contribution >= 0.6 is 0 Å². The van der Waals surface area contributed by atoms with Crippen LogP contribution in [0.3, 0.4) is 0 Å². The molecule has 0 bridgehead atoms. The number of hydrogen-bond acceptors (Lipinski definition) is 3. The topological polar surface area (TPSA) is 43.8 Å². The van der Waals surface area contributed by atoms with Gasteiger partial charge in [0.1, 0.15) is 17.4 Å². The normalized spacial score (nSPS) is 22.4. The Morgan fingerprint density at radius 1 is 1.00 bits per heavy atom. The number of halogens is 2. The van der Waals surface area contributed by atoms with Gasteiger partial charge in [-0.15, -0.1) is 0 Å². The van der Waals surface area contributed by atoms with Gasteiger partial charge in [-0.25, -0.2) is 8.78 Å². The Kier molecular flexibility index (Phi) is 6.04. The van der Waals surface area contributed by atoms with E-state index in [0.29, 0.717) is 25.2 Å². The first-order valence-corrected chi connectivity index (χ1v) is 10.7. The second-order valence-corrected chi connectivity index (χ2v) is 8.57. The van der Waals surface area contributed by atoms with Crippen molar-refractivity contribution in [2.24, 2.45) is 0 Å². The first-order valence-electron chi connectivity index (χ1n) is 10.7. The fraction of sp³-hybridized carbons (Fsp3) is 0.458. The van der Waals surface area contributed by atoms with Crippen molar-refractivity contribution < 1.29 is 18.7 Å². The summed E-state index contributed by atoms with van der Waals surface area (Å²) >= 11 is 0. The molecule has 1 spiro atoms. The highest BCUT2D eigenvalue weighted by atomic mass is 19.1. The van der Waals surface area contributed by atoms with E-state index in [-0.39, 0.29) is 29.4 Å². The van der Waals surface area contributed by atoms with Crippen LogP contribution in [0.5, 0.6) is 5.75 Å². The lowest BCUT2D eigenvalue weighted by Crippen LogP contribution is -2.44. The van der Waals surface area contributed by atoms with Gasteiger partial charge in [0.15, 0.2) is 0 Å². The number of hydrogen-bond donors (Lipinski definition) is 1. The van der Waals surface area contributed by atoms with Crippen LogP contribution in [0.15, 0.2) is 42.5 Å². The fourth-order valence-corrected chi connectivity index (χ4v) is 5.06. The van der Waals surface area contributed by atoms with Crippen LogP contribution in [0.1, 0.15) is 43.2 Å². The SMILES string of the molecule is O=C(Cc1cccc(O)c1)N1CCC[C@]2(CCCN2Cc2cc(F)ccc2F)CC1. The molecular formula is C24H28F2N2O2. The van der Waals surface area contributed by atoms with Gasteiger partial charge in [-0.05, 0) is 74.5 Å². The number of amides is 1. The van der Waals surface area contributed by atoms with E-state index in [1.165, 1.54) is 12.1 Å². The molecule has 4 rings (SSSR count). The predicted octanol–water partition coefficient (Wildman–Crippen LogP) is 4.26. The lowest BCUT2D eigenvalue weighted by Gasteiger charge is -2.38. The first-order chi connectivity index (χ1) is 14.4. The minimum absolute atomic E-state index is 0.0567. The zero-order chi connectivity index (χ0) is 21.1. The average Bonchev–Trinajstić information content (AvgIpc) is 2.95. The Morgan fingerprint density at radius 3 is 2.60 bits per heavy atom. The second-order valence-electron chi connectivity index (χ2n) is 8.57. The molecule has 0 unspecified atom stereocenters. The monoisotopic (exact) mass is 414 g/mol. The van der Waals surface area contributed by atoms with Crippen LogP contribution in [0.4, 0.5) is 8.78 Å². The van der Waals surface area contributed by atoms with Gasteiger partial charge in [0.05, 0.1) is 6.42 Å². The maximum atomic E-state index is 14.2. The van der Waals surface area contributed by atoms with Gasteiger partial charge < -0.3 is 10.0 Å². The molecule has 160 valence electrons. The Hall–Kier alpha value is -2.47. The number of nitrogens with zero attached hydrogens (tertiary/aromatic N) is 2. The van der Waals surface area contributed by atoms with Crippen LogP contribution in [0, 0.1) is 11.6 Å². The van der Waals surface area contributed by atoms with Crippen LogP contribution in [-0.2, 0) is 17.8 Å². The number of carbonyl (C=O) groups excluding carboxylic acids is 1. The van der Waals surface area contributed by atoms with Gasteiger partial charge in [-0.3, -0.25) is 9.69 Å². The second kappa shape index (κ2) is 8.72. The van der Waals surface area contributed by atoms with Crippen molar-refractivity contribution in [1.29, 1.82) is 0 Å². The zero-order valence-corrected chi connectivity index (χ0v) is 17.1. The van der Waals surface area contributed by atoms with Gasteiger partial charge in [-0.2, -0.15) is 0 Å². The number of aromatic hydroxyl groups is 1. The van der Waals surface area contributed by atoms with E-state index >= 15 is 0 Å². The molecule has 6 heteroatoms. The van der Waals surface area contributed by atoms with Gasteiger partial charge in [-0.1, -0.05) is 12.1 Å². The minimum atomic E-state index is -0.413. The quantitative estimate of drug-likeness (QED) is 0.813. The highest BCUT2D eigenvalue weighted by molar-refractivity contribution is 5.79. The summed E-state index contributed by atoms with van der Waals surface area (Å²) in [6, 6.07) is 10.5. The highest BCUT2D eigenvalue weighted by Gasteiger charge is 2.42. The third kappa shape index (κ3) is 4.48. The highest BCUT2D eigenvalue weighted by Crippen LogP contribution is 2.39. The Morgan fingerprint density at radius 2 is 1.80 bits per heavy atom. The summed E-state index contributed by atoms with van der Waals surface area (Å²) in [6.07, 6.45) is 5.04. The largest absolute Gasteiger partial charge is 0.508 e. The summed E-state index contributed by atoms with van der Waals surface area (Å²) in [5, 5.41) is 9.63. The van der Waals surface area contributed by atoms with Crippen molar-refractivity contribution in [3.05, 3.63) is 65.2 Å². The van der Waals surface area contributed by atoms with Crippen molar-refractivity contribution in [3.63, 3.8) is 0 Å². The molecule has 2 aromatic rings. The molecule has 2 fully saturated rings. The van der Waals surface area contributed by atoms with E-state index in [9.17, 15) is 18.7 Å². The molecule has 1 N–H and O–H groups in total. The average molecular weight is 414 g/mol. The molecule has 30 heavy (non-hydrogen) atoms. The predicted molar refractivity (Wildman–Crippen MR) is 111 cm³/mol. The lowest BCUT2D eigenvalue weighted by molar-refractivity contribution is -0.130. The van der Waals surface area contributed by atoms with Crippen LogP contribution in [0.2, 0.25) is 0 Å². The van der Waals surface area contributed by atoms with Gasteiger partial charge in [0.25, 0.3) is 0 Å². The van der Waals surface area contributed by atoms with Crippen molar-refractivity contribution in [2.75, 3.05) is 19.6 Å². The van der Waals surface area contributed by atoms with E-state index in [1.54, 1.807) is 18.2 Å². The summed E-state index contributed by atoms with van der Waals surface area (Å²) in [7, 11) is 0. The summed E-state index contributed by atoms with van der Waals surface area (Å²) < 4.78 is 27.8. The molecule has 0 aromatic heterocycles. The number of benzene rings is 2. The van der Waals surface area contributed by atoms with Gasteiger partial charge in [0, 0.05) is 30.7 Å². The molecule has 2 saturated heterocycles. The smallest absolute Gasteiger partial charge is 0.226 e. The number of likely N-dealkylation sites (tertiary alicyclic amines) is 2. The van der Waals surface area contributed by atoms with Crippen molar-refractivity contribution >= 4 is 5.91 Å². The summed E-state index contributed by atoms with van der Waals surface area (Å²) in [6.45, 7) is 2.65. The standard InChI is InChI=1S/C24H28F2N2O2/c25-20-6-7-22(26)19(16-20)17-28-12-3-9-24(28)8-2-11-27(13-10-24)23(30)15-18-4-1-5-21(29)14-18/h1,4-7,14,16,29H,2-3,8-13,15,17H2/t24-/m0/s1. The number of phenols is 1. The van der Waals surface area contributed by atoms with Crippen LogP contribution in [0.25, 0.3) is 0 Å². The van der Waals surface area contributed by atoms with Crippen LogP contribution in [-0.4, -0.2) is 46.0 Å². The lowest BCUT2D eigenvalue weighted by atomic mass is 9.87. The minimum Gasteiger partial charge on any atom is -0.508 e. The maximum Gasteiger partial charge on any atom is 0.226 e. The van der Waals surface area contributed by atoms with E-state index < -0.39 is 5.82 Å². The van der Waals surface area contributed by atoms with Crippen molar-refractivity contribution in [1.82, 2.24) is 9.80 Å². The molecule has 0 aliphatic carbocycles. The van der Waals surface area contributed by atoms with E-state index in [2.05, 4.69) is 4.90 Å². The fourth-order valence-electron chi connectivity index (χ4n) is 5.06. The van der Waals surface area contributed by atoms with E-state index in [0.717, 1.165) is 50.3 Å². The van der Waals surface area contributed by atoms with Gasteiger partial charge in [0.2, 0.25) is 5.91 Å². The molecule has 1 atom stereocenters. The molecule has 2 aliphatic rings. The molecular weight excluding hydrogens is 386 g/mol. The molecule has 2 heterocycles. The van der Waals surface area contributed by atoms with Crippen LogP contribution < -0.4 is 0 Å². The van der Waals surface area contributed by atoms with E-state index in [4.69, 9.17) is 0 Å². The summed E-state index contributed by atoms with van der Waals surface area (Å²) in [4.78, 5) is 17.0. The molecule has 2 aromatic carbocycles. The first kappa shape index (κ1) is 20.8. The molecule has 0 radical (unpaired) electrons. The third-order valence-electron chi connectivity index (χ3n) is 6.65. The number of rotatable bonds is 4. The van der Waals surface area contributed by atoms with Gasteiger partial charge >= 0.3 is 0 Å². The zero-order valence-electron chi connectivity index (χ0n) is 17.1. The molecule has 4 nitrogen and oxygen atoms in total. The Balaban J connectivity index is 1.43. The Bertz CT molecular complexity index is 920. The molecule has 0 saturated carbocycles. The summed E-state index contributed by atoms with van der Waals surface area (Å²) in [5.41, 5.74) is 1.15. The number of phenolic OH excluding ortho intramolecular Hbond substituents is 1.